The van der Waals surface area contributed by atoms with Gasteiger partial charge in [-0.2, -0.15) is 0 Å². The maximum Gasteiger partial charge on any atom is 0.326 e. The third-order valence-electron chi connectivity index (χ3n) is 5.45. The Hall–Kier alpha value is -3.95. The molecule has 13 N–H and O–H groups in total. The van der Waals surface area contributed by atoms with Gasteiger partial charge in [0.2, 0.25) is 29.5 Å². The van der Waals surface area contributed by atoms with Crippen molar-refractivity contribution in [1.82, 2.24) is 15.5 Å². The molecule has 1 fully saturated rings. The molecule has 1 aliphatic rings. The van der Waals surface area contributed by atoms with Gasteiger partial charge < -0.3 is 49.3 Å². The van der Waals surface area contributed by atoms with Crippen LogP contribution in [-0.2, 0) is 28.8 Å². The molecule has 1 rings (SSSR count). The van der Waals surface area contributed by atoms with Gasteiger partial charge >= 0.3 is 5.97 Å². The first kappa shape index (κ1) is 30.1. The number of aliphatic imine (C=N–C) groups is 1. The second-order valence-corrected chi connectivity index (χ2v) is 8.38. The molecule has 0 aromatic rings. The molecule has 202 valence electrons. The third-order valence-corrected chi connectivity index (χ3v) is 5.45. The number of hydrogen-bond acceptors (Lipinski definition) is 8. The highest BCUT2D eigenvalue weighted by Gasteiger charge is 2.38. The summed E-state index contributed by atoms with van der Waals surface area (Å²) >= 11 is 0. The average Bonchev–Trinajstić information content (AvgIpc) is 3.26. The minimum Gasteiger partial charge on any atom is -0.480 e. The first-order valence-electron chi connectivity index (χ1n) is 11.3. The van der Waals surface area contributed by atoms with E-state index in [4.69, 9.17) is 28.7 Å². The lowest BCUT2D eigenvalue weighted by Crippen LogP contribution is -2.57. The molecule has 0 saturated carbocycles. The molecule has 1 saturated heterocycles. The molecular weight excluding hydrogens is 478 g/mol. The number of aliphatic carboxylic acids is 1. The van der Waals surface area contributed by atoms with Crippen LogP contribution < -0.4 is 39.3 Å². The van der Waals surface area contributed by atoms with E-state index in [1.165, 1.54) is 4.90 Å². The molecule has 4 atom stereocenters. The second-order valence-electron chi connectivity index (χ2n) is 8.38. The fourth-order valence-electron chi connectivity index (χ4n) is 3.68. The summed E-state index contributed by atoms with van der Waals surface area (Å²) in [4.78, 5) is 77.3. The molecule has 4 unspecified atom stereocenters. The van der Waals surface area contributed by atoms with Crippen molar-refractivity contribution in [3.63, 3.8) is 0 Å². The molecule has 0 aromatic carbocycles. The van der Waals surface area contributed by atoms with Crippen LogP contribution in [0.1, 0.15) is 44.9 Å². The van der Waals surface area contributed by atoms with Crippen LogP contribution in [0.15, 0.2) is 4.99 Å². The molecule has 1 aliphatic heterocycles. The highest BCUT2D eigenvalue weighted by Crippen LogP contribution is 2.19. The standard InChI is InChI=1S/C20H35N9O7/c21-10(9-15(23)31)18(34)29-8-2-4-13(29)17(33)27-11(5-6-14(22)30)16(32)28-12(19(35)36)3-1-7-26-20(24)25/h10-13H,1-9,21H2,(H2,22,30)(H2,23,31)(H,27,33)(H,28,32)(H,35,36)(H4,24,25,26). The lowest BCUT2D eigenvalue weighted by atomic mass is 10.1. The van der Waals surface area contributed by atoms with E-state index in [1.807, 2.05) is 0 Å². The van der Waals surface area contributed by atoms with Crippen molar-refractivity contribution >= 4 is 41.5 Å². The van der Waals surface area contributed by atoms with Gasteiger partial charge in [-0.05, 0) is 32.1 Å². The maximum absolute atomic E-state index is 13.0. The molecule has 5 amide bonds. The summed E-state index contributed by atoms with van der Waals surface area (Å²) in [7, 11) is 0. The van der Waals surface area contributed by atoms with E-state index >= 15 is 0 Å². The van der Waals surface area contributed by atoms with Crippen molar-refractivity contribution in [2.45, 2.75) is 69.1 Å². The zero-order valence-electron chi connectivity index (χ0n) is 19.9. The number of primary amides is 2. The highest BCUT2D eigenvalue weighted by atomic mass is 16.4. The van der Waals surface area contributed by atoms with Crippen molar-refractivity contribution in [2.24, 2.45) is 33.7 Å². The molecule has 1 heterocycles. The van der Waals surface area contributed by atoms with E-state index < -0.39 is 66.1 Å². The number of nitrogens with zero attached hydrogens (tertiary/aromatic N) is 2. The van der Waals surface area contributed by atoms with Crippen LogP contribution in [0.3, 0.4) is 0 Å². The predicted molar refractivity (Wildman–Crippen MR) is 126 cm³/mol. The van der Waals surface area contributed by atoms with Gasteiger partial charge in [0.25, 0.3) is 0 Å². The van der Waals surface area contributed by atoms with Crippen molar-refractivity contribution in [2.75, 3.05) is 13.1 Å². The van der Waals surface area contributed by atoms with Crippen molar-refractivity contribution in [3.8, 4) is 0 Å². The van der Waals surface area contributed by atoms with E-state index in [2.05, 4.69) is 15.6 Å². The number of likely N-dealkylation sites (tertiary alicyclic amines) is 1. The SMILES string of the molecule is NC(=O)CCC(NC(=O)C1CCCN1C(=O)C(N)CC(N)=O)C(=O)NC(CCCN=C(N)N)C(=O)O. The van der Waals surface area contributed by atoms with Crippen LogP contribution in [0, 0.1) is 0 Å². The Bertz CT molecular complexity index is 876. The zero-order chi connectivity index (χ0) is 27.4. The third kappa shape index (κ3) is 10.1. The summed E-state index contributed by atoms with van der Waals surface area (Å²) < 4.78 is 0. The minimum atomic E-state index is -1.32. The van der Waals surface area contributed by atoms with E-state index in [1.54, 1.807) is 0 Å². The minimum absolute atomic E-state index is 0.00298. The average molecular weight is 514 g/mol. The highest BCUT2D eigenvalue weighted by molar-refractivity contribution is 5.95. The topological polar surface area (TPSA) is 292 Å². The molecule has 16 nitrogen and oxygen atoms in total. The number of rotatable bonds is 15. The Labute approximate surface area is 207 Å². The Morgan fingerprint density at radius 2 is 1.64 bits per heavy atom. The van der Waals surface area contributed by atoms with Gasteiger partial charge in [0.1, 0.15) is 18.1 Å². The first-order valence-corrected chi connectivity index (χ1v) is 11.3. The van der Waals surface area contributed by atoms with Gasteiger partial charge in [0.05, 0.1) is 12.5 Å². The Morgan fingerprint density at radius 3 is 2.19 bits per heavy atom. The quantitative estimate of drug-likeness (QED) is 0.0590. The van der Waals surface area contributed by atoms with E-state index in [0.29, 0.717) is 6.42 Å². The van der Waals surface area contributed by atoms with Gasteiger partial charge in [0.15, 0.2) is 5.96 Å². The van der Waals surface area contributed by atoms with Crippen molar-refractivity contribution in [3.05, 3.63) is 0 Å². The zero-order valence-corrected chi connectivity index (χ0v) is 19.9. The number of guanidine groups is 1. The van der Waals surface area contributed by atoms with Crippen molar-refractivity contribution < 1.29 is 33.9 Å². The molecule has 0 aromatic heterocycles. The van der Waals surface area contributed by atoms with Gasteiger partial charge in [-0.3, -0.25) is 29.0 Å². The summed E-state index contributed by atoms with van der Waals surface area (Å²) in [6.45, 7) is 0.353. The van der Waals surface area contributed by atoms with Crippen LogP contribution >= 0.6 is 0 Å². The molecule has 16 heteroatoms. The van der Waals surface area contributed by atoms with Crippen LogP contribution in [0.5, 0.6) is 0 Å². The van der Waals surface area contributed by atoms with Crippen molar-refractivity contribution in [1.29, 1.82) is 0 Å². The lowest BCUT2D eigenvalue weighted by molar-refractivity contribution is -0.143. The molecular formula is C20H35N9O7. The number of hydrogen-bond donors (Lipinski definition) is 8. The fraction of sp³-hybridized carbons (Fsp3) is 0.650. The van der Waals surface area contributed by atoms with E-state index in [0.717, 1.165) is 0 Å². The fourth-order valence-corrected chi connectivity index (χ4v) is 3.68. The smallest absolute Gasteiger partial charge is 0.326 e. The molecule has 0 bridgehead atoms. The normalized spacial score (nSPS) is 17.4. The predicted octanol–water partition coefficient (Wildman–Crippen LogP) is -4.45. The summed E-state index contributed by atoms with van der Waals surface area (Å²) in [6, 6.07) is -4.81. The molecule has 36 heavy (non-hydrogen) atoms. The number of nitrogens with two attached hydrogens (primary N) is 5. The van der Waals surface area contributed by atoms with Gasteiger partial charge in [-0.1, -0.05) is 0 Å². The first-order chi connectivity index (χ1) is 16.8. The Kier molecular flexibility index (Phi) is 12.1. The second kappa shape index (κ2) is 14.4. The molecule has 0 radical (unpaired) electrons. The van der Waals surface area contributed by atoms with Crippen LogP contribution in [0.25, 0.3) is 0 Å². The van der Waals surface area contributed by atoms with Crippen LogP contribution in [-0.4, -0.2) is 88.7 Å². The van der Waals surface area contributed by atoms with Gasteiger partial charge in [0, 0.05) is 19.5 Å². The number of amides is 5. The summed E-state index contributed by atoms with van der Waals surface area (Å²) in [5.74, 6) is -5.17. The molecule has 0 spiro atoms. The number of carbonyl (C=O) groups is 6. The lowest BCUT2D eigenvalue weighted by Gasteiger charge is -2.28. The summed E-state index contributed by atoms with van der Waals surface area (Å²) in [5, 5.41) is 14.2. The Morgan fingerprint density at radius 1 is 0.972 bits per heavy atom. The Balaban J connectivity index is 2.91. The van der Waals surface area contributed by atoms with E-state index in [9.17, 15) is 33.9 Å². The van der Waals surface area contributed by atoms with Crippen LogP contribution in [0.2, 0.25) is 0 Å². The summed E-state index contributed by atoms with van der Waals surface area (Å²) in [6.07, 6.45) is 0.129. The maximum atomic E-state index is 13.0. The number of carboxylic acid groups (broad SMARTS) is 1. The largest absolute Gasteiger partial charge is 0.480 e. The van der Waals surface area contributed by atoms with Gasteiger partial charge in [-0.15, -0.1) is 0 Å². The van der Waals surface area contributed by atoms with E-state index in [-0.39, 0.29) is 51.2 Å². The number of carboxylic acids is 1. The monoisotopic (exact) mass is 513 g/mol. The number of carbonyl (C=O) groups excluding carboxylic acids is 5. The summed E-state index contributed by atoms with van der Waals surface area (Å²) in [5.41, 5.74) is 26.4. The van der Waals surface area contributed by atoms with Gasteiger partial charge in [-0.25, -0.2) is 4.79 Å². The molecule has 0 aliphatic carbocycles. The van der Waals surface area contributed by atoms with Crippen LogP contribution in [0.4, 0.5) is 0 Å². The number of nitrogens with one attached hydrogen (secondary N) is 2.